The van der Waals surface area contributed by atoms with Crippen LogP contribution in [0.3, 0.4) is 0 Å². The average Bonchev–Trinajstić information content (AvgIpc) is 3.13. The van der Waals surface area contributed by atoms with Gasteiger partial charge in [0, 0.05) is 25.6 Å². The lowest BCUT2D eigenvalue weighted by Crippen LogP contribution is -2.04. The van der Waals surface area contributed by atoms with Gasteiger partial charge < -0.3 is 5.32 Å². The molecule has 96 valence electrons. The van der Waals surface area contributed by atoms with E-state index in [9.17, 15) is 0 Å². The fourth-order valence-corrected chi connectivity index (χ4v) is 2.02. The van der Waals surface area contributed by atoms with Crippen LogP contribution in [0, 0.1) is 0 Å². The summed E-state index contributed by atoms with van der Waals surface area (Å²) >= 11 is 0. The molecule has 1 aromatic carbocycles. The fraction of sp³-hybridized carbons (Fsp3) is 0.357. The zero-order valence-corrected chi connectivity index (χ0v) is 11.3. The summed E-state index contributed by atoms with van der Waals surface area (Å²) in [6.45, 7) is 0.852. The second-order valence-electron chi connectivity index (χ2n) is 4.69. The Morgan fingerprint density at radius 1 is 1.28 bits per heavy atom. The van der Waals surface area contributed by atoms with Gasteiger partial charge in [0.1, 0.15) is 5.82 Å². The van der Waals surface area contributed by atoms with E-state index in [2.05, 4.69) is 40.7 Å². The van der Waals surface area contributed by atoms with Crippen LogP contribution in [0.15, 0.2) is 36.4 Å². The highest BCUT2D eigenvalue weighted by molar-refractivity contribution is 5.85. The quantitative estimate of drug-likeness (QED) is 0.917. The summed E-state index contributed by atoms with van der Waals surface area (Å²) in [5.74, 6) is 1.82. The molecule has 4 heteroatoms. The maximum Gasteiger partial charge on any atom is 0.124 e. The fourth-order valence-electron chi connectivity index (χ4n) is 2.02. The number of anilines is 1. The van der Waals surface area contributed by atoms with Crippen LogP contribution in [0.25, 0.3) is 0 Å². The number of benzene rings is 1. The van der Waals surface area contributed by atoms with Crippen molar-refractivity contribution in [1.82, 2.24) is 9.78 Å². The molecule has 0 radical (unpaired) electrons. The highest BCUT2D eigenvalue weighted by Gasteiger charge is 2.26. The number of nitrogens with one attached hydrogen (secondary N) is 1. The Labute approximate surface area is 114 Å². The van der Waals surface area contributed by atoms with Gasteiger partial charge in [-0.2, -0.15) is 5.10 Å². The second-order valence-corrected chi connectivity index (χ2v) is 4.69. The van der Waals surface area contributed by atoms with E-state index in [1.165, 1.54) is 24.1 Å². The Morgan fingerprint density at radius 2 is 2.00 bits per heavy atom. The van der Waals surface area contributed by atoms with Gasteiger partial charge in [0.25, 0.3) is 0 Å². The highest BCUT2D eigenvalue weighted by Crippen LogP contribution is 2.39. The molecule has 1 aliphatic carbocycles. The first kappa shape index (κ1) is 13.0. The van der Waals surface area contributed by atoms with E-state index in [1.54, 1.807) is 0 Å². The summed E-state index contributed by atoms with van der Waals surface area (Å²) < 4.78 is 1.94. The molecule has 1 saturated carbocycles. The molecule has 3 rings (SSSR count). The Kier molecular flexibility index (Phi) is 3.92. The predicted octanol–water partition coefficient (Wildman–Crippen LogP) is 3.33. The van der Waals surface area contributed by atoms with Gasteiger partial charge in [-0.05, 0) is 18.4 Å². The molecule has 1 aromatic heterocycles. The number of halogens is 1. The Morgan fingerprint density at radius 3 is 2.67 bits per heavy atom. The van der Waals surface area contributed by atoms with E-state index < -0.39 is 0 Å². The first-order valence-corrected chi connectivity index (χ1v) is 6.14. The third kappa shape index (κ3) is 2.85. The van der Waals surface area contributed by atoms with Crippen LogP contribution in [-0.2, 0) is 13.6 Å². The topological polar surface area (TPSA) is 29.9 Å². The maximum atomic E-state index is 4.54. The summed E-state index contributed by atoms with van der Waals surface area (Å²) in [6.07, 6.45) is 2.60. The molecule has 2 aromatic rings. The average molecular weight is 264 g/mol. The van der Waals surface area contributed by atoms with Gasteiger partial charge in [-0.15, -0.1) is 12.4 Å². The van der Waals surface area contributed by atoms with Gasteiger partial charge in [-0.25, -0.2) is 0 Å². The van der Waals surface area contributed by atoms with Crippen molar-refractivity contribution in [1.29, 1.82) is 0 Å². The van der Waals surface area contributed by atoms with E-state index in [4.69, 9.17) is 0 Å². The molecule has 1 heterocycles. The predicted molar refractivity (Wildman–Crippen MR) is 76.2 cm³/mol. The molecule has 3 nitrogen and oxygen atoms in total. The molecule has 0 amide bonds. The highest BCUT2D eigenvalue weighted by atomic mass is 35.5. The second kappa shape index (κ2) is 5.44. The van der Waals surface area contributed by atoms with Crippen LogP contribution in [-0.4, -0.2) is 9.78 Å². The number of aromatic nitrogens is 2. The van der Waals surface area contributed by atoms with Gasteiger partial charge in [-0.3, -0.25) is 4.68 Å². The standard InChI is InChI=1S/C14H17N3.ClH/c1-17-14(9-13(16-17)12-7-8-12)15-10-11-5-3-2-4-6-11;/h2-6,9,12,15H,7-8,10H2,1H3;1H. The van der Waals surface area contributed by atoms with Crippen LogP contribution in [0.2, 0.25) is 0 Å². The van der Waals surface area contributed by atoms with Crippen molar-refractivity contribution >= 4 is 18.2 Å². The largest absolute Gasteiger partial charge is 0.366 e. The van der Waals surface area contributed by atoms with Crippen LogP contribution in [0.1, 0.15) is 30.0 Å². The Balaban J connectivity index is 0.00000120. The van der Waals surface area contributed by atoms with Crippen molar-refractivity contribution in [3.05, 3.63) is 47.7 Å². The molecule has 0 saturated heterocycles. The van der Waals surface area contributed by atoms with Crippen LogP contribution >= 0.6 is 12.4 Å². The summed E-state index contributed by atoms with van der Waals surface area (Å²) in [5, 5.41) is 7.97. The van der Waals surface area contributed by atoms with E-state index >= 15 is 0 Å². The van der Waals surface area contributed by atoms with Crippen LogP contribution < -0.4 is 5.32 Å². The minimum atomic E-state index is 0. The number of nitrogens with zero attached hydrogens (tertiary/aromatic N) is 2. The van der Waals surface area contributed by atoms with Crippen LogP contribution in [0.4, 0.5) is 5.82 Å². The zero-order chi connectivity index (χ0) is 11.7. The van der Waals surface area contributed by atoms with E-state index in [1.807, 2.05) is 17.8 Å². The molecule has 1 aliphatic rings. The van der Waals surface area contributed by atoms with Crippen LogP contribution in [0.5, 0.6) is 0 Å². The third-order valence-electron chi connectivity index (χ3n) is 3.21. The van der Waals surface area contributed by atoms with Crippen molar-refractivity contribution in [2.24, 2.45) is 7.05 Å². The Bertz CT molecular complexity index is 503. The van der Waals surface area contributed by atoms with Crippen molar-refractivity contribution < 1.29 is 0 Å². The number of hydrogen-bond acceptors (Lipinski definition) is 2. The molecule has 0 spiro atoms. The summed E-state index contributed by atoms with van der Waals surface area (Å²) in [5.41, 5.74) is 2.53. The smallest absolute Gasteiger partial charge is 0.124 e. The summed E-state index contributed by atoms with van der Waals surface area (Å²) in [7, 11) is 2.00. The molecule has 0 aliphatic heterocycles. The van der Waals surface area contributed by atoms with Crippen molar-refractivity contribution in [2.45, 2.75) is 25.3 Å². The molecule has 1 fully saturated rings. The number of rotatable bonds is 4. The maximum absolute atomic E-state index is 4.54. The number of hydrogen-bond donors (Lipinski definition) is 1. The van der Waals surface area contributed by atoms with Crippen molar-refractivity contribution in [2.75, 3.05) is 5.32 Å². The summed E-state index contributed by atoms with van der Waals surface area (Å²) in [4.78, 5) is 0. The number of aryl methyl sites for hydroxylation is 1. The lowest BCUT2D eigenvalue weighted by molar-refractivity contribution is 0.745. The zero-order valence-electron chi connectivity index (χ0n) is 10.5. The van der Waals surface area contributed by atoms with Crippen molar-refractivity contribution in [3.63, 3.8) is 0 Å². The lowest BCUT2D eigenvalue weighted by atomic mass is 10.2. The molecular formula is C14H18ClN3. The molecule has 1 N–H and O–H groups in total. The van der Waals surface area contributed by atoms with Gasteiger partial charge in [0.2, 0.25) is 0 Å². The summed E-state index contributed by atoms with van der Waals surface area (Å²) in [6, 6.07) is 12.6. The van der Waals surface area contributed by atoms with E-state index in [0.29, 0.717) is 5.92 Å². The first-order valence-electron chi connectivity index (χ1n) is 6.14. The Hall–Kier alpha value is -1.48. The first-order chi connectivity index (χ1) is 8.33. The van der Waals surface area contributed by atoms with Gasteiger partial charge in [-0.1, -0.05) is 30.3 Å². The van der Waals surface area contributed by atoms with Gasteiger partial charge in [0.05, 0.1) is 5.69 Å². The minimum absolute atomic E-state index is 0. The molecular weight excluding hydrogens is 246 g/mol. The third-order valence-corrected chi connectivity index (χ3v) is 3.21. The monoisotopic (exact) mass is 263 g/mol. The van der Waals surface area contributed by atoms with E-state index in [-0.39, 0.29) is 12.4 Å². The van der Waals surface area contributed by atoms with Gasteiger partial charge >= 0.3 is 0 Å². The van der Waals surface area contributed by atoms with Gasteiger partial charge in [0.15, 0.2) is 0 Å². The molecule has 0 unspecified atom stereocenters. The molecule has 0 bridgehead atoms. The SMILES string of the molecule is Cl.Cn1nc(C2CC2)cc1NCc1ccccc1. The molecule has 0 atom stereocenters. The van der Waals surface area contributed by atoms with Crippen molar-refractivity contribution in [3.8, 4) is 0 Å². The normalized spacial score (nSPS) is 14.1. The lowest BCUT2D eigenvalue weighted by Gasteiger charge is -2.05. The molecule has 18 heavy (non-hydrogen) atoms. The minimum Gasteiger partial charge on any atom is -0.366 e. The van der Waals surface area contributed by atoms with E-state index in [0.717, 1.165) is 12.4 Å².